The predicted molar refractivity (Wildman–Crippen MR) is 104 cm³/mol. The van der Waals surface area contributed by atoms with E-state index in [1.807, 2.05) is 0 Å². The van der Waals surface area contributed by atoms with Crippen molar-refractivity contribution < 1.29 is 34.4 Å². The summed E-state index contributed by atoms with van der Waals surface area (Å²) in [6, 6.07) is 4.59. The number of carbonyl (C=O) groups is 3. The number of ketones is 2. The van der Waals surface area contributed by atoms with Crippen LogP contribution in [0, 0.1) is 12.8 Å². The van der Waals surface area contributed by atoms with Crippen LogP contribution in [0.15, 0.2) is 18.2 Å². The average molecular weight is 398 g/mol. The van der Waals surface area contributed by atoms with Crippen LogP contribution in [0.5, 0.6) is 17.2 Å². The summed E-state index contributed by atoms with van der Waals surface area (Å²) in [5.74, 6) is -1.65. The van der Waals surface area contributed by atoms with Crippen LogP contribution in [-0.2, 0) is 17.6 Å². The van der Waals surface area contributed by atoms with E-state index >= 15 is 0 Å². The summed E-state index contributed by atoms with van der Waals surface area (Å²) in [7, 11) is 1.37. The summed E-state index contributed by atoms with van der Waals surface area (Å²) in [4.78, 5) is 36.6. The first kappa shape index (κ1) is 20.5. The fourth-order valence-electron chi connectivity index (χ4n) is 3.98. The summed E-state index contributed by atoms with van der Waals surface area (Å²) in [5, 5.41) is 30.7. The quantitative estimate of drug-likeness (QED) is 0.387. The first-order valence-corrected chi connectivity index (χ1v) is 9.22. The van der Waals surface area contributed by atoms with Gasteiger partial charge in [0.2, 0.25) is 5.78 Å². The Kier molecular flexibility index (Phi) is 5.70. The third-order valence-corrected chi connectivity index (χ3v) is 5.57. The molecule has 0 radical (unpaired) electrons. The molecule has 0 heterocycles. The molecule has 7 nitrogen and oxygen atoms in total. The molecular weight excluding hydrogens is 376 g/mol. The van der Waals surface area contributed by atoms with Crippen LogP contribution in [0.25, 0.3) is 0 Å². The smallest absolute Gasteiger partial charge is 0.201 e. The Labute approximate surface area is 167 Å². The van der Waals surface area contributed by atoms with Crippen LogP contribution < -0.4 is 4.74 Å². The highest BCUT2D eigenvalue weighted by molar-refractivity contribution is 6.17. The number of aliphatic hydroxyl groups excluding tert-OH is 1. The molecule has 152 valence electrons. The number of hydrogen-bond acceptors (Lipinski definition) is 7. The van der Waals surface area contributed by atoms with Crippen LogP contribution in [-0.4, -0.2) is 46.9 Å². The lowest BCUT2D eigenvalue weighted by atomic mass is 9.78. The first-order valence-electron chi connectivity index (χ1n) is 9.22. The zero-order valence-corrected chi connectivity index (χ0v) is 16.2. The molecule has 3 N–H and O–H groups in total. The van der Waals surface area contributed by atoms with Crippen molar-refractivity contribution in [1.29, 1.82) is 0 Å². The third-order valence-electron chi connectivity index (χ3n) is 5.57. The number of Topliss-reactive ketones (excluding diaryl/α,β-unsaturated/α-hetero) is 1. The highest BCUT2D eigenvalue weighted by Gasteiger charge is 2.33. The molecule has 2 aromatic carbocycles. The van der Waals surface area contributed by atoms with Crippen molar-refractivity contribution in [2.75, 3.05) is 13.7 Å². The average Bonchev–Trinajstić information content (AvgIpc) is 2.75. The molecule has 0 saturated heterocycles. The summed E-state index contributed by atoms with van der Waals surface area (Å²) in [5.41, 5.74) is 0.990. The second kappa shape index (κ2) is 8.05. The molecule has 0 saturated carbocycles. The zero-order valence-electron chi connectivity index (χ0n) is 16.2. The highest BCUT2D eigenvalue weighted by Crippen LogP contribution is 2.44. The van der Waals surface area contributed by atoms with Gasteiger partial charge in [-0.25, -0.2) is 0 Å². The van der Waals surface area contributed by atoms with Gasteiger partial charge >= 0.3 is 0 Å². The van der Waals surface area contributed by atoms with Gasteiger partial charge < -0.3 is 20.1 Å². The van der Waals surface area contributed by atoms with E-state index in [-0.39, 0.29) is 58.1 Å². The fraction of sp³-hybridized carbons (Fsp3) is 0.318. The molecule has 2 aromatic rings. The Balaban J connectivity index is 2.17. The van der Waals surface area contributed by atoms with Gasteiger partial charge in [-0.2, -0.15) is 0 Å². The van der Waals surface area contributed by atoms with Gasteiger partial charge in [0.1, 0.15) is 23.9 Å². The molecule has 0 aromatic heterocycles. The largest absolute Gasteiger partial charge is 0.507 e. The Hall–Kier alpha value is -3.19. The van der Waals surface area contributed by atoms with Crippen molar-refractivity contribution in [2.45, 2.75) is 26.2 Å². The number of aldehydes is 1. The lowest BCUT2D eigenvalue weighted by Gasteiger charge is -2.27. The second-order valence-corrected chi connectivity index (χ2v) is 7.09. The number of phenols is 2. The SMILES string of the molecule is COc1cccc(C=O)c1C(=O)c1c(C)c(O)c2c(c1O)CCC(C(=O)CO)C2. The highest BCUT2D eigenvalue weighted by atomic mass is 16.5. The summed E-state index contributed by atoms with van der Waals surface area (Å²) in [6.45, 7) is 0.917. The Bertz CT molecular complexity index is 1010. The lowest BCUT2D eigenvalue weighted by molar-refractivity contribution is -0.126. The van der Waals surface area contributed by atoms with Crippen molar-refractivity contribution in [3.8, 4) is 17.2 Å². The van der Waals surface area contributed by atoms with E-state index in [1.165, 1.54) is 26.2 Å². The Morgan fingerprint density at radius 2 is 1.90 bits per heavy atom. The number of fused-ring (bicyclic) bond motifs is 1. The van der Waals surface area contributed by atoms with Crippen molar-refractivity contribution in [1.82, 2.24) is 0 Å². The van der Waals surface area contributed by atoms with Crippen molar-refractivity contribution in [2.24, 2.45) is 5.92 Å². The van der Waals surface area contributed by atoms with Crippen LogP contribution in [0.3, 0.4) is 0 Å². The second-order valence-electron chi connectivity index (χ2n) is 7.09. The van der Waals surface area contributed by atoms with E-state index in [0.717, 1.165) is 0 Å². The van der Waals surface area contributed by atoms with E-state index in [4.69, 9.17) is 9.84 Å². The number of benzene rings is 2. The van der Waals surface area contributed by atoms with Gasteiger partial charge in [-0.1, -0.05) is 12.1 Å². The minimum Gasteiger partial charge on any atom is -0.507 e. The Morgan fingerprint density at radius 3 is 2.52 bits per heavy atom. The number of rotatable bonds is 6. The van der Waals surface area contributed by atoms with Crippen LogP contribution in [0.4, 0.5) is 0 Å². The van der Waals surface area contributed by atoms with Gasteiger partial charge in [0, 0.05) is 28.2 Å². The number of carbonyl (C=O) groups excluding carboxylic acids is 3. The normalized spacial score (nSPS) is 15.5. The molecule has 0 spiro atoms. The summed E-state index contributed by atoms with van der Waals surface area (Å²) < 4.78 is 5.22. The molecule has 3 rings (SSSR count). The lowest BCUT2D eigenvalue weighted by Crippen LogP contribution is -2.26. The molecule has 29 heavy (non-hydrogen) atoms. The van der Waals surface area contributed by atoms with Crippen LogP contribution >= 0.6 is 0 Å². The van der Waals surface area contributed by atoms with Gasteiger partial charge in [0.15, 0.2) is 12.1 Å². The zero-order chi connectivity index (χ0) is 21.3. The number of aromatic hydroxyl groups is 2. The first-order chi connectivity index (χ1) is 13.8. The molecular formula is C22H22O7. The van der Waals surface area contributed by atoms with Gasteiger partial charge in [0.25, 0.3) is 0 Å². The molecule has 1 unspecified atom stereocenters. The van der Waals surface area contributed by atoms with Gasteiger partial charge in [-0.15, -0.1) is 0 Å². The fourth-order valence-corrected chi connectivity index (χ4v) is 3.98. The predicted octanol–water partition coefficient (Wildman–Crippen LogP) is 2.12. The van der Waals surface area contributed by atoms with Crippen molar-refractivity contribution >= 4 is 17.9 Å². The van der Waals surface area contributed by atoms with Gasteiger partial charge in [-0.05, 0) is 32.3 Å². The molecule has 0 amide bonds. The van der Waals surface area contributed by atoms with E-state index in [2.05, 4.69) is 0 Å². The number of methoxy groups -OCH3 is 1. The molecule has 0 aliphatic heterocycles. The minimum absolute atomic E-state index is 0.00638. The number of ether oxygens (including phenoxy) is 1. The van der Waals surface area contributed by atoms with Gasteiger partial charge in [0.05, 0.1) is 18.2 Å². The number of hydrogen-bond donors (Lipinski definition) is 3. The van der Waals surface area contributed by atoms with Crippen LogP contribution in [0.2, 0.25) is 0 Å². The molecule has 0 bridgehead atoms. The summed E-state index contributed by atoms with van der Waals surface area (Å²) >= 11 is 0. The van der Waals surface area contributed by atoms with Crippen molar-refractivity contribution in [3.05, 3.63) is 51.6 Å². The third kappa shape index (κ3) is 3.38. The van der Waals surface area contributed by atoms with E-state index in [9.17, 15) is 24.6 Å². The molecule has 7 heteroatoms. The maximum absolute atomic E-state index is 13.3. The standard InChI is InChI=1S/C22H22O7/c1-11-18(22(28)19-13(9-23)4-3-5-17(19)29-2)21(27)14-7-6-12(16(25)10-24)8-15(14)20(11)26/h3-5,9,12,24,26-27H,6-8,10H2,1-2H3. The Morgan fingerprint density at radius 1 is 1.17 bits per heavy atom. The molecule has 1 aliphatic carbocycles. The molecule has 0 fully saturated rings. The van der Waals surface area contributed by atoms with E-state index in [0.29, 0.717) is 23.8 Å². The van der Waals surface area contributed by atoms with Gasteiger partial charge in [-0.3, -0.25) is 14.4 Å². The van der Waals surface area contributed by atoms with E-state index < -0.39 is 18.3 Å². The summed E-state index contributed by atoms with van der Waals surface area (Å²) in [6.07, 6.45) is 1.38. The molecule has 1 aliphatic rings. The number of aliphatic hydroxyl groups is 1. The topological polar surface area (TPSA) is 121 Å². The monoisotopic (exact) mass is 398 g/mol. The maximum Gasteiger partial charge on any atom is 0.201 e. The minimum atomic E-state index is -0.633. The maximum atomic E-state index is 13.3. The molecule has 1 atom stereocenters. The number of phenolic OH excluding ortho intramolecular Hbond substituents is 2. The van der Waals surface area contributed by atoms with Crippen molar-refractivity contribution in [3.63, 3.8) is 0 Å². The van der Waals surface area contributed by atoms with Crippen LogP contribution in [0.1, 0.15) is 49.4 Å². The van der Waals surface area contributed by atoms with E-state index in [1.54, 1.807) is 6.07 Å².